The summed E-state index contributed by atoms with van der Waals surface area (Å²) in [4.78, 5) is 26.9. The quantitative estimate of drug-likeness (QED) is 0.737. The second kappa shape index (κ2) is 6.27. The van der Waals surface area contributed by atoms with Crippen LogP contribution in [0.3, 0.4) is 0 Å². The molecule has 2 N–H and O–H groups in total. The number of hydrogen-bond donors (Lipinski definition) is 2. The molecular formula is C16H11F2N3O4. The molecule has 0 saturated carbocycles. The van der Waals surface area contributed by atoms with Crippen molar-refractivity contribution in [1.82, 2.24) is 14.6 Å². The number of carboxylic acids is 1. The zero-order valence-corrected chi connectivity index (χ0v) is 12.6. The minimum Gasteiger partial charge on any atom is -0.511 e. The average Bonchev–Trinajstić information content (AvgIpc) is 3.03. The van der Waals surface area contributed by atoms with Crippen molar-refractivity contribution in [1.29, 1.82) is 0 Å². The topological polar surface area (TPSA) is 105 Å². The van der Waals surface area contributed by atoms with Gasteiger partial charge in [-0.05, 0) is 18.2 Å². The van der Waals surface area contributed by atoms with E-state index in [0.29, 0.717) is 0 Å². The molecule has 128 valence electrons. The van der Waals surface area contributed by atoms with Gasteiger partial charge in [0.2, 0.25) is 0 Å². The smallest absolute Gasteiger partial charge is 0.303 e. The summed E-state index contributed by atoms with van der Waals surface area (Å²) < 4.78 is 27.8. The summed E-state index contributed by atoms with van der Waals surface area (Å²) in [6.07, 6.45) is 0.514. The van der Waals surface area contributed by atoms with Gasteiger partial charge in [-0.3, -0.25) is 9.59 Å². The number of aliphatic carboxylic acids is 1. The summed E-state index contributed by atoms with van der Waals surface area (Å²) in [6, 6.07) is 4.21. The Labute approximate surface area is 138 Å². The first kappa shape index (κ1) is 16.5. The normalized spacial score (nSPS) is 12.4. The third-order valence-electron chi connectivity index (χ3n) is 3.59. The van der Waals surface area contributed by atoms with Gasteiger partial charge in [-0.15, -0.1) is 0 Å². The molecule has 25 heavy (non-hydrogen) atoms. The molecule has 1 aromatic carbocycles. The number of carboxylic acid groups (broad SMARTS) is 1. The van der Waals surface area contributed by atoms with Gasteiger partial charge in [0, 0.05) is 18.1 Å². The molecule has 3 rings (SSSR count). The molecule has 0 fully saturated rings. The first-order chi connectivity index (χ1) is 11.9. The summed E-state index contributed by atoms with van der Waals surface area (Å²) in [6.45, 7) is 0. The summed E-state index contributed by atoms with van der Waals surface area (Å²) in [5.41, 5.74) is -0.285. The van der Waals surface area contributed by atoms with Gasteiger partial charge in [-0.25, -0.2) is 18.3 Å². The standard InChI is InChI=1S/C16H11F2N3O4/c17-9-2-1-8(5-10(9)18)11-6-13(23)15(12(22)3-4-14(24)25)16-19-7-20-21(11)16/h1-2,5-7,22H,3-4H2,(H,24,25)/b15-12-. The molecule has 0 aliphatic heterocycles. The van der Waals surface area contributed by atoms with E-state index in [2.05, 4.69) is 10.1 Å². The number of fused-ring (bicyclic) bond motifs is 1. The molecule has 0 aliphatic rings. The van der Waals surface area contributed by atoms with E-state index in [4.69, 9.17) is 5.11 Å². The van der Waals surface area contributed by atoms with Crippen LogP contribution in [0.4, 0.5) is 8.78 Å². The Morgan fingerprint density at radius 2 is 1.88 bits per heavy atom. The number of benzene rings is 1. The highest BCUT2D eigenvalue weighted by atomic mass is 19.2. The lowest BCUT2D eigenvalue weighted by atomic mass is 10.1. The maximum atomic E-state index is 13.5. The maximum Gasteiger partial charge on any atom is 0.303 e. The summed E-state index contributed by atoms with van der Waals surface area (Å²) in [7, 11) is 0. The van der Waals surface area contributed by atoms with Crippen molar-refractivity contribution in [2.24, 2.45) is 0 Å². The minimum atomic E-state index is -1.13. The number of aromatic nitrogens is 3. The molecule has 0 aliphatic carbocycles. The first-order valence-corrected chi connectivity index (χ1v) is 7.14. The van der Waals surface area contributed by atoms with Crippen LogP contribution < -0.4 is 10.6 Å². The Morgan fingerprint density at radius 1 is 1.12 bits per heavy atom. The lowest BCUT2D eigenvalue weighted by Crippen LogP contribution is -2.30. The van der Waals surface area contributed by atoms with Crippen LogP contribution in [0.1, 0.15) is 12.8 Å². The van der Waals surface area contributed by atoms with Crippen molar-refractivity contribution in [2.75, 3.05) is 0 Å². The van der Waals surface area contributed by atoms with E-state index < -0.39 is 28.8 Å². The van der Waals surface area contributed by atoms with Crippen molar-refractivity contribution >= 4 is 17.4 Å². The van der Waals surface area contributed by atoms with E-state index >= 15 is 0 Å². The van der Waals surface area contributed by atoms with Gasteiger partial charge in [0.1, 0.15) is 17.3 Å². The third kappa shape index (κ3) is 3.03. The van der Waals surface area contributed by atoms with Gasteiger partial charge in [0.25, 0.3) is 0 Å². The average molecular weight is 347 g/mol. The van der Waals surface area contributed by atoms with Crippen LogP contribution in [0.2, 0.25) is 0 Å². The van der Waals surface area contributed by atoms with E-state index in [1.165, 1.54) is 10.6 Å². The fraction of sp³-hybridized carbons (Fsp3) is 0.125. The molecule has 2 aromatic heterocycles. The van der Waals surface area contributed by atoms with Gasteiger partial charge in [-0.1, -0.05) is 0 Å². The second-order valence-corrected chi connectivity index (χ2v) is 5.23. The monoisotopic (exact) mass is 347 g/mol. The van der Waals surface area contributed by atoms with Gasteiger partial charge in [0.05, 0.1) is 12.1 Å². The van der Waals surface area contributed by atoms with Gasteiger partial charge >= 0.3 is 5.97 Å². The lowest BCUT2D eigenvalue weighted by Gasteiger charge is -2.06. The number of pyridine rings is 1. The maximum absolute atomic E-state index is 13.5. The first-order valence-electron chi connectivity index (χ1n) is 7.14. The summed E-state index contributed by atoms with van der Waals surface area (Å²) in [5.74, 6) is -3.67. The van der Waals surface area contributed by atoms with E-state index in [1.807, 2.05) is 0 Å². The van der Waals surface area contributed by atoms with Crippen LogP contribution in [0.5, 0.6) is 0 Å². The van der Waals surface area contributed by atoms with Crippen LogP contribution in [0.15, 0.2) is 35.4 Å². The van der Waals surface area contributed by atoms with Gasteiger partial charge in [-0.2, -0.15) is 5.10 Å². The largest absolute Gasteiger partial charge is 0.511 e. The summed E-state index contributed by atoms with van der Waals surface area (Å²) >= 11 is 0. The van der Waals surface area contributed by atoms with Crippen LogP contribution in [0.25, 0.3) is 22.7 Å². The molecule has 0 unspecified atom stereocenters. The van der Waals surface area contributed by atoms with E-state index in [1.54, 1.807) is 0 Å². The molecule has 0 amide bonds. The number of nitrogens with zero attached hydrogens (tertiary/aromatic N) is 3. The zero-order chi connectivity index (χ0) is 18.1. The van der Waals surface area contributed by atoms with Crippen molar-refractivity contribution < 1.29 is 23.8 Å². The van der Waals surface area contributed by atoms with E-state index in [0.717, 1.165) is 24.5 Å². The fourth-order valence-electron chi connectivity index (χ4n) is 2.44. The van der Waals surface area contributed by atoms with Crippen molar-refractivity contribution in [3.05, 3.63) is 57.7 Å². The highest BCUT2D eigenvalue weighted by Gasteiger charge is 2.15. The van der Waals surface area contributed by atoms with Crippen molar-refractivity contribution in [3.8, 4) is 11.3 Å². The Kier molecular flexibility index (Phi) is 4.14. The SMILES string of the molecule is O=C(O)CC/C(O)=c1\c(=O)cc(-c2ccc(F)c(F)c2)n2ncnc12. The highest BCUT2D eigenvalue weighted by molar-refractivity contribution is 5.69. The number of aliphatic hydroxyl groups excluding tert-OH is 1. The van der Waals surface area contributed by atoms with E-state index in [-0.39, 0.29) is 35.0 Å². The van der Waals surface area contributed by atoms with Crippen LogP contribution in [-0.4, -0.2) is 30.8 Å². The van der Waals surface area contributed by atoms with Crippen LogP contribution in [0, 0.1) is 11.6 Å². The van der Waals surface area contributed by atoms with Crippen molar-refractivity contribution in [2.45, 2.75) is 12.8 Å². The molecule has 0 spiro atoms. The summed E-state index contributed by atoms with van der Waals surface area (Å²) in [5, 5.41) is 22.5. The Balaban J connectivity index is 2.26. The number of rotatable bonds is 4. The molecule has 2 heterocycles. The second-order valence-electron chi connectivity index (χ2n) is 5.23. The molecule has 0 radical (unpaired) electrons. The number of carbonyl (C=O) groups is 1. The van der Waals surface area contributed by atoms with Gasteiger partial charge < -0.3 is 10.2 Å². The molecule has 9 heteroatoms. The lowest BCUT2D eigenvalue weighted by molar-refractivity contribution is -0.136. The minimum absolute atomic E-state index is 0.00452. The predicted octanol–water partition coefficient (Wildman–Crippen LogP) is 1.28. The van der Waals surface area contributed by atoms with Crippen LogP contribution in [-0.2, 0) is 4.79 Å². The van der Waals surface area contributed by atoms with E-state index in [9.17, 15) is 23.5 Å². The third-order valence-corrected chi connectivity index (χ3v) is 3.59. The Hall–Kier alpha value is -3.36. The predicted molar refractivity (Wildman–Crippen MR) is 82.7 cm³/mol. The molecule has 0 bridgehead atoms. The molecule has 0 atom stereocenters. The zero-order valence-electron chi connectivity index (χ0n) is 12.6. The number of aliphatic hydroxyl groups is 1. The highest BCUT2D eigenvalue weighted by Crippen LogP contribution is 2.20. The molecule has 3 aromatic rings. The van der Waals surface area contributed by atoms with Crippen molar-refractivity contribution in [3.63, 3.8) is 0 Å². The van der Waals surface area contributed by atoms with Crippen LogP contribution >= 0.6 is 0 Å². The number of halogens is 2. The molecular weight excluding hydrogens is 336 g/mol. The fourth-order valence-corrected chi connectivity index (χ4v) is 2.44. The number of hydrogen-bond acceptors (Lipinski definition) is 5. The molecule has 0 saturated heterocycles. The Morgan fingerprint density at radius 3 is 2.56 bits per heavy atom. The van der Waals surface area contributed by atoms with Gasteiger partial charge in [0.15, 0.2) is 22.7 Å². The Bertz CT molecular complexity index is 1090. The molecule has 7 nitrogen and oxygen atoms in total.